The van der Waals surface area contributed by atoms with Gasteiger partial charge in [0.05, 0.1) is 6.54 Å². The van der Waals surface area contributed by atoms with Gasteiger partial charge in [0.1, 0.15) is 11.6 Å². The lowest BCUT2D eigenvalue weighted by atomic mass is 10.1. The van der Waals surface area contributed by atoms with Gasteiger partial charge in [0, 0.05) is 25.6 Å². The monoisotopic (exact) mass is 418 g/mol. The number of aromatic nitrogens is 3. The van der Waals surface area contributed by atoms with Gasteiger partial charge in [-0.3, -0.25) is 4.99 Å². The van der Waals surface area contributed by atoms with Crippen LogP contribution in [0.4, 0.5) is 0 Å². The molecule has 0 amide bonds. The molecular weight excluding hydrogens is 391 g/mol. The summed E-state index contributed by atoms with van der Waals surface area (Å²) in [7, 11) is 0. The van der Waals surface area contributed by atoms with Crippen molar-refractivity contribution in [1.29, 1.82) is 0 Å². The van der Waals surface area contributed by atoms with E-state index in [0.29, 0.717) is 11.5 Å². The second kappa shape index (κ2) is 7.14. The zero-order valence-corrected chi connectivity index (χ0v) is 16.1. The molecule has 3 rings (SSSR count). The number of halogens is 1. The average Bonchev–Trinajstić information content (AvgIpc) is 3.06. The van der Waals surface area contributed by atoms with Crippen molar-refractivity contribution in [3.63, 3.8) is 0 Å². The number of hydrogen-bond acceptors (Lipinski definition) is 3. The molecule has 1 aromatic heterocycles. The lowest BCUT2D eigenvalue weighted by Crippen LogP contribution is -2.47. The fourth-order valence-corrected chi connectivity index (χ4v) is 2.71. The van der Waals surface area contributed by atoms with Gasteiger partial charge in [-0.25, -0.2) is 9.67 Å². The number of hydrogen-bond donors (Lipinski definition) is 2. The zero-order valence-electron chi connectivity index (χ0n) is 13.7. The SMILES string of the molecule is CCNC(=NCC1(C)CC1)NC1CCc2nc(C)nn2C1.I. The van der Waals surface area contributed by atoms with Crippen LogP contribution >= 0.6 is 24.0 Å². The maximum absolute atomic E-state index is 4.75. The van der Waals surface area contributed by atoms with Gasteiger partial charge in [-0.1, -0.05) is 6.92 Å². The first-order chi connectivity index (χ1) is 10.1. The van der Waals surface area contributed by atoms with E-state index >= 15 is 0 Å². The standard InChI is InChI=1S/C15H26N6.HI/c1-4-16-14(17-10-15(3)7-8-15)19-12-5-6-13-18-11(2)20-21(13)9-12;/h12H,4-10H2,1-3H3,(H2,16,17,19);1H. The van der Waals surface area contributed by atoms with Crippen molar-refractivity contribution in [1.82, 2.24) is 25.4 Å². The van der Waals surface area contributed by atoms with E-state index in [2.05, 4.69) is 34.6 Å². The Hall–Kier alpha value is -0.860. The van der Waals surface area contributed by atoms with Crippen LogP contribution in [0, 0.1) is 12.3 Å². The fourth-order valence-electron chi connectivity index (χ4n) is 2.71. The molecule has 2 aliphatic rings. The number of aliphatic imine (C=N–C) groups is 1. The van der Waals surface area contributed by atoms with Crippen molar-refractivity contribution in [3.8, 4) is 0 Å². The van der Waals surface area contributed by atoms with Crippen molar-refractivity contribution in [2.75, 3.05) is 13.1 Å². The second-order valence-corrected chi connectivity index (χ2v) is 6.64. The summed E-state index contributed by atoms with van der Waals surface area (Å²) in [5.74, 6) is 2.92. The van der Waals surface area contributed by atoms with Crippen molar-refractivity contribution in [3.05, 3.63) is 11.6 Å². The maximum Gasteiger partial charge on any atom is 0.191 e. The van der Waals surface area contributed by atoms with Gasteiger partial charge >= 0.3 is 0 Å². The molecule has 1 fully saturated rings. The topological polar surface area (TPSA) is 67.1 Å². The van der Waals surface area contributed by atoms with Crippen LogP contribution in [0.3, 0.4) is 0 Å². The predicted molar refractivity (Wildman–Crippen MR) is 98.7 cm³/mol. The van der Waals surface area contributed by atoms with E-state index < -0.39 is 0 Å². The molecule has 1 aromatic rings. The van der Waals surface area contributed by atoms with Gasteiger partial charge in [0.25, 0.3) is 0 Å². The fraction of sp³-hybridized carbons (Fsp3) is 0.800. The van der Waals surface area contributed by atoms with Crippen LogP contribution in [0.15, 0.2) is 4.99 Å². The van der Waals surface area contributed by atoms with E-state index in [-0.39, 0.29) is 24.0 Å². The van der Waals surface area contributed by atoms with E-state index in [1.54, 1.807) is 0 Å². The molecule has 1 aliphatic heterocycles. The summed E-state index contributed by atoms with van der Waals surface area (Å²) in [6.45, 7) is 9.06. The molecule has 2 N–H and O–H groups in total. The Balaban J connectivity index is 0.00000176. The number of nitrogens with zero attached hydrogens (tertiary/aromatic N) is 4. The van der Waals surface area contributed by atoms with Crippen molar-refractivity contribution in [2.24, 2.45) is 10.4 Å². The summed E-state index contributed by atoms with van der Waals surface area (Å²) in [4.78, 5) is 9.21. The minimum Gasteiger partial charge on any atom is -0.357 e. The molecule has 6 nitrogen and oxygen atoms in total. The summed E-state index contributed by atoms with van der Waals surface area (Å²) >= 11 is 0. The summed E-state index contributed by atoms with van der Waals surface area (Å²) in [5.41, 5.74) is 0.450. The van der Waals surface area contributed by atoms with E-state index in [4.69, 9.17) is 4.99 Å². The lowest BCUT2D eigenvalue weighted by molar-refractivity contribution is 0.392. The molecule has 0 radical (unpaired) electrons. The number of fused-ring (bicyclic) bond motifs is 1. The average molecular weight is 418 g/mol. The quantitative estimate of drug-likeness (QED) is 0.445. The first kappa shape index (κ1) is 17.5. The van der Waals surface area contributed by atoms with Crippen LogP contribution in [-0.4, -0.2) is 39.9 Å². The van der Waals surface area contributed by atoms with Crippen LogP contribution in [0.5, 0.6) is 0 Å². The third kappa shape index (κ3) is 4.33. The molecule has 1 unspecified atom stereocenters. The summed E-state index contributed by atoms with van der Waals surface area (Å²) in [6.07, 6.45) is 4.68. The minimum absolute atomic E-state index is 0. The molecule has 1 aliphatic carbocycles. The van der Waals surface area contributed by atoms with E-state index in [1.165, 1.54) is 12.8 Å². The molecule has 0 bridgehead atoms. The Morgan fingerprint density at radius 1 is 1.45 bits per heavy atom. The smallest absolute Gasteiger partial charge is 0.191 e. The summed E-state index contributed by atoms with van der Waals surface area (Å²) in [5, 5.41) is 11.4. The minimum atomic E-state index is 0. The zero-order chi connectivity index (χ0) is 14.9. The number of rotatable bonds is 4. The molecule has 1 atom stereocenters. The Kier molecular flexibility index (Phi) is 5.68. The molecule has 22 heavy (non-hydrogen) atoms. The van der Waals surface area contributed by atoms with Gasteiger partial charge in [-0.05, 0) is 38.5 Å². The molecule has 2 heterocycles. The molecule has 1 saturated carbocycles. The number of nitrogens with one attached hydrogen (secondary N) is 2. The summed E-state index contributed by atoms with van der Waals surface area (Å²) in [6, 6.07) is 0.378. The third-order valence-electron chi connectivity index (χ3n) is 4.37. The first-order valence-electron chi connectivity index (χ1n) is 8.03. The van der Waals surface area contributed by atoms with Crippen molar-refractivity contribution >= 4 is 29.9 Å². The normalized spacial score (nSPS) is 22.5. The molecule has 7 heteroatoms. The maximum atomic E-state index is 4.75. The van der Waals surface area contributed by atoms with Crippen molar-refractivity contribution < 1.29 is 0 Å². The lowest BCUT2D eigenvalue weighted by Gasteiger charge is -2.25. The Morgan fingerprint density at radius 2 is 2.23 bits per heavy atom. The predicted octanol–water partition coefficient (Wildman–Crippen LogP) is 1.87. The third-order valence-corrected chi connectivity index (χ3v) is 4.37. The van der Waals surface area contributed by atoms with Crippen molar-refractivity contribution in [2.45, 2.75) is 59.0 Å². The molecule has 124 valence electrons. The molecule has 0 spiro atoms. The number of aryl methyl sites for hydroxylation is 2. The molecular formula is C15H27IN6. The largest absolute Gasteiger partial charge is 0.357 e. The molecule has 0 aromatic carbocycles. The van der Waals surface area contributed by atoms with Crippen LogP contribution < -0.4 is 10.6 Å². The first-order valence-corrected chi connectivity index (χ1v) is 8.03. The Bertz CT molecular complexity index is 534. The van der Waals surface area contributed by atoms with Gasteiger partial charge in [-0.15, -0.1) is 24.0 Å². The van der Waals surface area contributed by atoms with E-state index in [0.717, 1.165) is 50.1 Å². The highest BCUT2D eigenvalue weighted by atomic mass is 127. The van der Waals surface area contributed by atoms with Crippen LogP contribution in [-0.2, 0) is 13.0 Å². The highest BCUT2D eigenvalue weighted by Crippen LogP contribution is 2.44. The van der Waals surface area contributed by atoms with Crippen LogP contribution in [0.2, 0.25) is 0 Å². The second-order valence-electron chi connectivity index (χ2n) is 6.64. The Labute approximate surface area is 149 Å². The van der Waals surface area contributed by atoms with Gasteiger partial charge < -0.3 is 10.6 Å². The highest BCUT2D eigenvalue weighted by Gasteiger charge is 2.37. The van der Waals surface area contributed by atoms with Crippen LogP contribution in [0.1, 0.15) is 44.8 Å². The molecule has 0 saturated heterocycles. The Morgan fingerprint density at radius 3 is 2.91 bits per heavy atom. The number of guanidine groups is 1. The van der Waals surface area contributed by atoms with Gasteiger partial charge in [0.2, 0.25) is 0 Å². The van der Waals surface area contributed by atoms with E-state index in [9.17, 15) is 0 Å². The van der Waals surface area contributed by atoms with E-state index in [1.807, 2.05) is 11.6 Å². The highest BCUT2D eigenvalue weighted by molar-refractivity contribution is 14.0. The summed E-state index contributed by atoms with van der Waals surface area (Å²) < 4.78 is 2.03. The van der Waals surface area contributed by atoms with Gasteiger partial charge in [0.15, 0.2) is 5.96 Å². The van der Waals surface area contributed by atoms with Crippen LogP contribution in [0.25, 0.3) is 0 Å². The van der Waals surface area contributed by atoms with Gasteiger partial charge in [-0.2, -0.15) is 5.10 Å².